The maximum atomic E-state index is 11.1. The van der Waals surface area contributed by atoms with Gasteiger partial charge in [0.15, 0.2) is 5.75 Å². The Morgan fingerprint density at radius 2 is 1.95 bits per heavy atom. The predicted molar refractivity (Wildman–Crippen MR) is 84.9 cm³/mol. The summed E-state index contributed by atoms with van der Waals surface area (Å²) >= 11 is 0. The van der Waals surface area contributed by atoms with E-state index in [0.717, 1.165) is 12.0 Å². The minimum Gasteiger partial charge on any atom is -0.484 e. The molecule has 1 N–H and O–H groups in total. The Hall–Kier alpha value is -1.62. The van der Waals surface area contributed by atoms with E-state index in [-0.39, 0.29) is 23.2 Å². The zero-order chi connectivity index (χ0) is 16.2. The normalized spacial score (nSPS) is 13.3. The van der Waals surface area contributed by atoms with Crippen molar-refractivity contribution in [3.8, 4) is 5.75 Å². The van der Waals surface area contributed by atoms with Gasteiger partial charge in [-0.2, -0.15) is 0 Å². The summed E-state index contributed by atoms with van der Waals surface area (Å²) in [5, 5.41) is 14.4. The lowest BCUT2D eigenvalue weighted by molar-refractivity contribution is -0.386. The highest BCUT2D eigenvalue weighted by Gasteiger charge is 2.24. The lowest BCUT2D eigenvalue weighted by Gasteiger charge is -2.30. The Morgan fingerprint density at radius 1 is 1.33 bits per heavy atom. The molecule has 0 amide bonds. The fraction of sp³-hybridized carbons (Fsp3) is 0.625. The highest BCUT2D eigenvalue weighted by Crippen LogP contribution is 2.31. The van der Waals surface area contributed by atoms with Gasteiger partial charge in [0.2, 0.25) is 0 Å². The van der Waals surface area contributed by atoms with Crippen molar-refractivity contribution in [2.75, 3.05) is 7.05 Å². The van der Waals surface area contributed by atoms with Gasteiger partial charge in [0, 0.05) is 12.1 Å². The van der Waals surface area contributed by atoms with Crippen LogP contribution in [0.1, 0.15) is 40.2 Å². The monoisotopic (exact) mass is 294 g/mol. The van der Waals surface area contributed by atoms with Gasteiger partial charge in [0.1, 0.15) is 0 Å². The van der Waals surface area contributed by atoms with Crippen LogP contribution in [-0.2, 0) is 6.42 Å². The number of nitrogens with zero attached hydrogens (tertiary/aromatic N) is 1. The Morgan fingerprint density at radius 3 is 2.38 bits per heavy atom. The molecule has 0 aliphatic rings. The van der Waals surface area contributed by atoms with Crippen molar-refractivity contribution in [3.63, 3.8) is 0 Å². The van der Waals surface area contributed by atoms with Gasteiger partial charge in [-0.3, -0.25) is 10.1 Å². The fourth-order valence-corrected chi connectivity index (χ4v) is 2.26. The molecule has 0 bridgehead atoms. The van der Waals surface area contributed by atoms with E-state index < -0.39 is 4.92 Å². The molecule has 1 aromatic carbocycles. The second kappa shape index (κ2) is 6.89. The molecule has 1 atom stereocenters. The van der Waals surface area contributed by atoms with Gasteiger partial charge < -0.3 is 10.1 Å². The molecule has 0 aromatic heterocycles. The third-order valence-electron chi connectivity index (χ3n) is 3.42. The first-order chi connectivity index (χ1) is 9.65. The summed E-state index contributed by atoms with van der Waals surface area (Å²) in [7, 11) is 1.94. The van der Waals surface area contributed by atoms with Crippen LogP contribution in [0.25, 0.3) is 0 Å². The summed E-state index contributed by atoms with van der Waals surface area (Å²) in [4.78, 5) is 10.7. The lowest BCUT2D eigenvalue weighted by atomic mass is 9.83. The minimum absolute atomic E-state index is 0.0178. The first-order valence-corrected chi connectivity index (χ1v) is 7.26. The number of benzene rings is 1. The summed E-state index contributed by atoms with van der Waals surface area (Å²) in [5.74, 6) is 0.344. The summed E-state index contributed by atoms with van der Waals surface area (Å²) in [5.41, 5.74) is 1.16. The van der Waals surface area contributed by atoms with Gasteiger partial charge in [-0.25, -0.2) is 0 Å². The molecule has 5 heteroatoms. The summed E-state index contributed by atoms with van der Waals surface area (Å²) in [6.07, 6.45) is 0.702. The molecule has 118 valence electrons. The molecule has 0 heterocycles. The van der Waals surface area contributed by atoms with E-state index in [2.05, 4.69) is 26.1 Å². The van der Waals surface area contributed by atoms with Crippen LogP contribution in [0.5, 0.6) is 5.75 Å². The van der Waals surface area contributed by atoms with E-state index in [4.69, 9.17) is 4.74 Å². The smallest absolute Gasteiger partial charge is 0.310 e. The van der Waals surface area contributed by atoms with Gasteiger partial charge >= 0.3 is 5.69 Å². The van der Waals surface area contributed by atoms with Crippen LogP contribution in [0.2, 0.25) is 0 Å². The number of nitrogens with one attached hydrogen (secondary N) is 1. The summed E-state index contributed by atoms with van der Waals surface area (Å²) < 4.78 is 5.59. The van der Waals surface area contributed by atoms with E-state index >= 15 is 0 Å². The molecule has 0 saturated heterocycles. The number of hydrogen-bond donors (Lipinski definition) is 1. The number of nitro benzene ring substituents is 1. The zero-order valence-corrected chi connectivity index (χ0v) is 13.8. The molecule has 0 aliphatic carbocycles. The van der Waals surface area contributed by atoms with E-state index in [1.807, 2.05) is 20.9 Å². The van der Waals surface area contributed by atoms with Crippen LogP contribution >= 0.6 is 0 Å². The molecule has 21 heavy (non-hydrogen) atoms. The third kappa shape index (κ3) is 5.01. The largest absolute Gasteiger partial charge is 0.484 e. The van der Waals surface area contributed by atoms with E-state index in [0.29, 0.717) is 5.75 Å². The Balaban J connectivity index is 3.07. The van der Waals surface area contributed by atoms with Crippen LogP contribution in [-0.4, -0.2) is 24.1 Å². The van der Waals surface area contributed by atoms with E-state index in [9.17, 15) is 10.1 Å². The first kappa shape index (κ1) is 17.4. The second-order valence-electron chi connectivity index (χ2n) is 6.64. The second-order valence-corrected chi connectivity index (χ2v) is 6.64. The minimum atomic E-state index is -0.402. The highest BCUT2D eigenvalue weighted by molar-refractivity contribution is 5.48. The lowest BCUT2D eigenvalue weighted by Crippen LogP contribution is -2.39. The fourth-order valence-electron chi connectivity index (χ4n) is 2.26. The highest BCUT2D eigenvalue weighted by atomic mass is 16.6. The average Bonchev–Trinajstić information content (AvgIpc) is 2.33. The van der Waals surface area contributed by atoms with Crippen molar-refractivity contribution >= 4 is 5.69 Å². The van der Waals surface area contributed by atoms with Crippen molar-refractivity contribution in [3.05, 3.63) is 33.9 Å². The van der Waals surface area contributed by atoms with E-state index in [1.165, 1.54) is 6.07 Å². The topological polar surface area (TPSA) is 64.4 Å². The number of nitro groups is 1. The van der Waals surface area contributed by atoms with Crippen LogP contribution in [0.3, 0.4) is 0 Å². The van der Waals surface area contributed by atoms with Crippen LogP contribution < -0.4 is 10.1 Å². The molecule has 1 unspecified atom stereocenters. The van der Waals surface area contributed by atoms with E-state index in [1.54, 1.807) is 12.1 Å². The third-order valence-corrected chi connectivity index (χ3v) is 3.42. The molecule has 0 aliphatic heterocycles. The summed E-state index contributed by atoms with van der Waals surface area (Å²) in [6.45, 7) is 10.2. The average molecular weight is 294 g/mol. The molecule has 1 aromatic rings. The van der Waals surface area contributed by atoms with Gasteiger partial charge in [0.05, 0.1) is 11.0 Å². The van der Waals surface area contributed by atoms with Gasteiger partial charge in [0.25, 0.3) is 0 Å². The molecule has 0 saturated carbocycles. The molecular weight excluding hydrogens is 268 g/mol. The number of likely N-dealkylation sites (N-methyl/N-ethyl adjacent to an activating group) is 1. The SMILES string of the molecule is CNC(Cc1ccc([N+](=O)[O-])c(OC(C)C)c1)C(C)(C)C. The number of hydrogen-bond acceptors (Lipinski definition) is 4. The Kier molecular flexibility index (Phi) is 5.72. The van der Waals surface area contributed by atoms with Crippen molar-refractivity contribution in [2.45, 2.75) is 53.2 Å². The number of rotatable bonds is 6. The Labute approximate surface area is 126 Å². The first-order valence-electron chi connectivity index (χ1n) is 7.26. The maximum Gasteiger partial charge on any atom is 0.310 e. The van der Waals surface area contributed by atoms with Gasteiger partial charge in [-0.05, 0) is 44.4 Å². The predicted octanol–water partition coefficient (Wildman–Crippen LogP) is 3.56. The van der Waals surface area contributed by atoms with Crippen molar-refractivity contribution in [1.82, 2.24) is 5.32 Å². The van der Waals surface area contributed by atoms with Crippen LogP contribution in [0, 0.1) is 15.5 Å². The number of ether oxygens (including phenoxy) is 1. The summed E-state index contributed by atoms with van der Waals surface area (Å²) in [6, 6.07) is 5.41. The molecule has 1 rings (SSSR count). The van der Waals surface area contributed by atoms with Gasteiger partial charge in [-0.15, -0.1) is 0 Å². The zero-order valence-electron chi connectivity index (χ0n) is 13.8. The molecule has 5 nitrogen and oxygen atoms in total. The van der Waals surface area contributed by atoms with Crippen LogP contribution in [0.15, 0.2) is 18.2 Å². The van der Waals surface area contributed by atoms with Crippen LogP contribution in [0.4, 0.5) is 5.69 Å². The maximum absolute atomic E-state index is 11.1. The standard InChI is InChI=1S/C16H26N2O3/c1-11(2)21-14-9-12(7-8-13(14)18(19)20)10-15(17-6)16(3,4)5/h7-9,11,15,17H,10H2,1-6H3. The molecule has 0 spiro atoms. The molecule has 0 radical (unpaired) electrons. The van der Waals surface area contributed by atoms with Crippen molar-refractivity contribution in [2.24, 2.45) is 5.41 Å². The Bertz CT molecular complexity index is 493. The molecular formula is C16H26N2O3. The van der Waals surface area contributed by atoms with Crippen molar-refractivity contribution in [1.29, 1.82) is 0 Å². The quantitative estimate of drug-likeness (QED) is 0.643. The molecule has 0 fully saturated rings. The van der Waals surface area contributed by atoms with Crippen molar-refractivity contribution < 1.29 is 9.66 Å². The van der Waals surface area contributed by atoms with Gasteiger partial charge in [-0.1, -0.05) is 26.8 Å².